The highest BCUT2D eigenvalue weighted by Gasteiger charge is 2.32. The Kier molecular flexibility index (Phi) is 10.7. The maximum atomic E-state index is 13.4. The van der Waals surface area contributed by atoms with Crippen LogP contribution in [0.25, 0.3) is 0 Å². The zero-order chi connectivity index (χ0) is 30.9. The molecule has 228 valence electrons. The molecule has 4 rings (SSSR count). The number of nitrogens with one attached hydrogen (secondary N) is 4. The Hall–Kier alpha value is -4.49. The first kappa shape index (κ1) is 31.4. The number of amides is 4. The predicted octanol–water partition coefficient (Wildman–Crippen LogP) is 0.742. The molecule has 4 atom stereocenters. The van der Waals surface area contributed by atoms with E-state index >= 15 is 0 Å². The number of aromatic nitrogens is 3. The Labute approximate surface area is 253 Å². The monoisotopic (exact) mass is 611 g/mol. The lowest BCUT2D eigenvalue weighted by atomic mass is 10.0. The molecule has 2 aromatic carbocycles. The minimum Gasteiger partial charge on any atom is -0.491 e. The van der Waals surface area contributed by atoms with Crippen LogP contribution < -0.4 is 26.0 Å². The number of nitrogens with zero attached hydrogens (tertiary/aromatic N) is 3. The number of rotatable bonds is 4. The molecule has 0 spiro atoms. The lowest BCUT2D eigenvalue weighted by Gasteiger charge is -2.26. The fourth-order valence-electron chi connectivity index (χ4n) is 4.45. The first-order chi connectivity index (χ1) is 20.6. The highest BCUT2D eigenvalue weighted by molar-refractivity contribution is 6.31. The molecule has 13 nitrogen and oxygen atoms in total. The van der Waals surface area contributed by atoms with Gasteiger partial charge in [-0.2, -0.15) is 0 Å². The maximum Gasteiger partial charge on any atom is 0.255 e. The Morgan fingerprint density at radius 3 is 2.51 bits per heavy atom. The molecule has 14 heteroatoms. The topological polar surface area (TPSA) is 177 Å². The van der Waals surface area contributed by atoms with Crippen molar-refractivity contribution in [2.24, 2.45) is 0 Å². The Morgan fingerprint density at radius 1 is 1.02 bits per heavy atom. The number of fused-ring (bicyclic) bond motifs is 3. The van der Waals surface area contributed by atoms with Crippen molar-refractivity contribution in [2.75, 3.05) is 6.61 Å². The predicted molar refractivity (Wildman–Crippen MR) is 156 cm³/mol. The van der Waals surface area contributed by atoms with Crippen molar-refractivity contribution in [2.45, 2.75) is 64.0 Å². The lowest BCUT2D eigenvalue weighted by molar-refractivity contribution is -0.134. The average Bonchev–Trinajstić information content (AvgIpc) is 3.45. The molecule has 0 fully saturated rings. The van der Waals surface area contributed by atoms with Gasteiger partial charge in [0.2, 0.25) is 17.7 Å². The molecule has 43 heavy (non-hydrogen) atoms. The summed E-state index contributed by atoms with van der Waals surface area (Å²) in [6.45, 7) is 3.49. The number of hydrogen-bond donors (Lipinski definition) is 5. The minimum atomic E-state index is -1.42. The molecule has 0 unspecified atom stereocenters. The van der Waals surface area contributed by atoms with Crippen molar-refractivity contribution in [3.63, 3.8) is 0 Å². The van der Waals surface area contributed by atoms with E-state index in [0.717, 1.165) is 5.56 Å². The van der Waals surface area contributed by atoms with Gasteiger partial charge >= 0.3 is 0 Å². The van der Waals surface area contributed by atoms with Crippen molar-refractivity contribution >= 4 is 35.2 Å². The van der Waals surface area contributed by atoms with Crippen LogP contribution in [-0.4, -0.2) is 74.6 Å². The van der Waals surface area contributed by atoms with Crippen LogP contribution in [0, 0.1) is 0 Å². The van der Waals surface area contributed by atoms with Gasteiger partial charge in [0.15, 0.2) is 0 Å². The second-order valence-corrected chi connectivity index (χ2v) is 10.5. The van der Waals surface area contributed by atoms with Gasteiger partial charge in [-0.3, -0.25) is 19.2 Å². The van der Waals surface area contributed by atoms with E-state index < -0.39 is 47.9 Å². The maximum absolute atomic E-state index is 13.4. The summed E-state index contributed by atoms with van der Waals surface area (Å²) >= 11 is 6.15. The number of benzene rings is 2. The molecule has 4 amide bonds. The number of aliphatic hydroxyl groups is 1. The summed E-state index contributed by atoms with van der Waals surface area (Å²) in [6.07, 6.45) is 0.653. The van der Waals surface area contributed by atoms with E-state index in [1.807, 2.05) is 30.3 Å². The highest BCUT2D eigenvalue weighted by Crippen LogP contribution is 2.23. The Balaban J connectivity index is 1.64. The van der Waals surface area contributed by atoms with Crippen molar-refractivity contribution < 1.29 is 29.0 Å². The van der Waals surface area contributed by atoms with Crippen LogP contribution in [0.3, 0.4) is 0 Å². The van der Waals surface area contributed by atoms with E-state index in [9.17, 15) is 24.3 Å². The summed E-state index contributed by atoms with van der Waals surface area (Å²) in [6, 6.07) is 10.1. The van der Waals surface area contributed by atoms with Crippen LogP contribution in [0.15, 0.2) is 54.7 Å². The SMILES string of the molecule is CC[C@@H]1NC(=O)c2cc(Cl)ccc2OCCn2cc(nn2)CNC(=O)[C@@H](Cc2ccccc2)NC(=O)[C@H]([C@@H](C)O)NC1=O. The largest absolute Gasteiger partial charge is 0.491 e. The Bertz CT molecular complexity index is 1450. The molecule has 3 aromatic rings. The second-order valence-electron chi connectivity index (χ2n) is 10.1. The zero-order valence-electron chi connectivity index (χ0n) is 23.7. The molecule has 2 heterocycles. The van der Waals surface area contributed by atoms with Crippen LogP contribution in [0.5, 0.6) is 5.75 Å². The van der Waals surface area contributed by atoms with E-state index in [-0.39, 0.29) is 43.9 Å². The van der Waals surface area contributed by atoms with Crippen LogP contribution in [0.4, 0.5) is 0 Å². The molecular formula is C29H34ClN7O6. The van der Waals surface area contributed by atoms with Gasteiger partial charge in [-0.05, 0) is 37.1 Å². The molecule has 0 radical (unpaired) electrons. The third-order valence-electron chi connectivity index (χ3n) is 6.80. The molecule has 1 aromatic heterocycles. The number of halogens is 1. The van der Waals surface area contributed by atoms with Gasteiger partial charge in [0.1, 0.15) is 36.2 Å². The quantitative estimate of drug-likeness (QED) is 0.287. The number of hydrogen-bond acceptors (Lipinski definition) is 8. The second kappa shape index (κ2) is 14.6. The first-order valence-electron chi connectivity index (χ1n) is 13.9. The van der Waals surface area contributed by atoms with Gasteiger partial charge in [-0.15, -0.1) is 5.10 Å². The zero-order valence-corrected chi connectivity index (χ0v) is 24.5. The third-order valence-corrected chi connectivity index (χ3v) is 7.04. The summed E-state index contributed by atoms with van der Waals surface area (Å²) in [5, 5.41) is 29.5. The number of ether oxygens (including phenoxy) is 1. The fourth-order valence-corrected chi connectivity index (χ4v) is 4.63. The van der Waals surface area contributed by atoms with Gasteiger partial charge in [0, 0.05) is 11.4 Å². The number of carbonyl (C=O) groups is 4. The molecule has 1 aliphatic heterocycles. The van der Waals surface area contributed by atoms with E-state index in [1.165, 1.54) is 17.7 Å². The molecule has 0 aliphatic carbocycles. The van der Waals surface area contributed by atoms with Gasteiger partial charge in [0.05, 0.1) is 31.0 Å². The normalized spacial score (nSPS) is 21.3. The summed E-state index contributed by atoms with van der Waals surface area (Å²) in [5.41, 5.74) is 1.37. The standard InChI is InChI=1S/C29H34ClN7O6/c1-3-22-28(41)34-25(17(2)38)29(42)33-23(13-18-7-5-4-6-8-18)27(40)31-15-20-16-37(36-35-20)11-12-43-24-10-9-19(30)14-21(24)26(39)32-22/h4-10,14,16-17,22-23,25,38H,3,11-13,15H2,1-2H3,(H,31,40)(H,32,39)(H,33,42)(H,34,41)/t17-,22+,23-,25+/m1/s1. The van der Waals surface area contributed by atoms with Gasteiger partial charge in [-0.1, -0.05) is 54.1 Å². The van der Waals surface area contributed by atoms with E-state index in [4.69, 9.17) is 16.3 Å². The van der Waals surface area contributed by atoms with Crippen LogP contribution >= 0.6 is 11.6 Å². The van der Waals surface area contributed by atoms with E-state index in [0.29, 0.717) is 10.7 Å². The molecule has 0 saturated carbocycles. The minimum absolute atomic E-state index is 0.0388. The summed E-state index contributed by atoms with van der Waals surface area (Å²) in [7, 11) is 0. The van der Waals surface area contributed by atoms with Crippen molar-refractivity contribution in [1.29, 1.82) is 0 Å². The van der Waals surface area contributed by atoms with Crippen molar-refractivity contribution in [3.8, 4) is 5.75 Å². The molecule has 2 bridgehead atoms. The van der Waals surface area contributed by atoms with Crippen LogP contribution in [-0.2, 0) is 33.9 Å². The van der Waals surface area contributed by atoms with Crippen LogP contribution in [0.2, 0.25) is 5.02 Å². The van der Waals surface area contributed by atoms with E-state index in [1.54, 1.807) is 25.3 Å². The summed E-state index contributed by atoms with van der Waals surface area (Å²) in [4.78, 5) is 53.1. The molecule has 1 aliphatic rings. The van der Waals surface area contributed by atoms with Gasteiger partial charge < -0.3 is 31.1 Å². The van der Waals surface area contributed by atoms with Crippen LogP contribution in [0.1, 0.15) is 41.9 Å². The fraction of sp³-hybridized carbons (Fsp3) is 0.379. The summed E-state index contributed by atoms with van der Waals surface area (Å²) < 4.78 is 7.37. The average molecular weight is 612 g/mol. The number of aliphatic hydroxyl groups excluding tert-OH is 1. The first-order valence-corrected chi connectivity index (χ1v) is 14.2. The van der Waals surface area contributed by atoms with Gasteiger partial charge in [-0.25, -0.2) is 4.68 Å². The number of carbonyl (C=O) groups excluding carboxylic acids is 4. The van der Waals surface area contributed by atoms with E-state index in [2.05, 4.69) is 31.6 Å². The van der Waals surface area contributed by atoms with Crippen molar-refractivity contribution in [3.05, 3.63) is 76.6 Å². The highest BCUT2D eigenvalue weighted by atomic mass is 35.5. The third kappa shape index (κ3) is 8.52. The smallest absolute Gasteiger partial charge is 0.255 e. The van der Waals surface area contributed by atoms with Crippen molar-refractivity contribution in [1.82, 2.24) is 36.3 Å². The Morgan fingerprint density at radius 2 is 1.79 bits per heavy atom. The lowest BCUT2D eigenvalue weighted by Crippen LogP contribution is -2.60. The van der Waals surface area contributed by atoms with Gasteiger partial charge in [0.25, 0.3) is 5.91 Å². The molecular weight excluding hydrogens is 578 g/mol. The summed E-state index contributed by atoms with van der Waals surface area (Å²) in [5.74, 6) is -2.33. The molecule has 0 saturated heterocycles. The molecule has 5 N–H and O–H groups in total.